The number of phenolic OH excluding ortho intramolecular Hbond substituents is 1. The monoisotopic (exact) mass is 262 g/mol. The first-order valence-electron chi connectivity index (χ1n) is 5.88. The van der Waals surface area contributed by atoms with Crippen molar-refractivity contribution >= 4 is 5.97 Å². The van der Waals surface area contributed by atoms with Gasteiger partial charge in [0.1, 0.15) is 5.75 Å². The summed E-state index contributed by atoms with van der Waals surface area (Å²) in [4.78, 5) is 10.6. The standard InChI is InChI=1S/C13H14N2O4/c1-8(6-12(17)18)5-11-14-15-13(19-11)9-3-2-4-10(16)7-9/h2-4,7-8,16H,5-6H2,1H3,(H,17,18). The lowest BCUT2D eigenvalue weighted by Crippen LogP contribution is -2.07. The van der Waals surface area contributed by atoms with Crippen LogP contribution in [0.3, 0.4) is 0 Å². The molecule has 1 aromatic heterocycles. The van der Waals surface area contributed by atoms with Crippen molar-refractivity contribution in [2.24, 2.45) is 5.92 Å². The number of carbonyl (C=O) groups is 1. The Morgan fingerprint density at radius 2 is 2.21 bits per heavy atom. The Balaban J connectivity index is 2.09. The molecule has 0 radical (unpaired) electrons. The molecule has 0 aliphatic rings. The molecule has 0 aliphatic heterocycles. The Bertz CT molecular complexity index is 580. The highest BCUT2D eigenvalue weighted by molar-refractivity contribution is 5.66. The Labute approximate surface area is 109 Å². The molecule has 1 heterocycles. The number of aromatic hydroxyl groups is 1. The number of rotatable bonds is 5. The number of hydrogen-bond donors (Lipinski definition) is 2. The van der Waals surface area contributed by atoms with Gasteiger partial charge in [0.15, 0.2) is 0 Å². The topological polar surface area (TPSA) is 96.5 Å². The minimum atomic E-state index is -0.847. The van der Waals surface area contributed by atoms with Crippen molar-refractivity contribution < 1.29 is 19.4 Å². The predicted molar refractivity (Wildman–Crippen MR) is 66.5 cm³/mol. The molecule has 6 heteroatoms. The van der Waals surface area contributed by atoms with Gasteiger partial charge in [-0.05, 0) is 24.1 Å². The lowest BCUT2D eigenvalue weighted by atomic mass is 10.0. The van der Waals surface area contributed by atoms with Crippen LogP contribution < -0.4 is 0 Å². The fraction of sp³-hybridized carbons (Fsp3) is 0.308. The summed E-state index contributed by atoms with van der Waals surface area (Å²) in [7, 11) is 0. The van der Waals surface area contributed by atoms with E-state index >= 15 is 0 Å². The summed E-state index contributed by atoms with van der Waals surface area (Å²) in [5.74, 6) is -0.0905. The molecule has 2 aromatic rings. The van der Waals surface area contributed by atoms with Crippen LogP contribution in [0.1, 0.15) is 19.2 Å². The first kappa shape index (κ1) is 13.1. The summed E-state index contributed by atoms with van der Waals surface area (Å²) in [6, 6.07) is 6.51. The van der Waals surface area contributed by atoms with Crippen molar-refractivity contribution in [1.29, 1.82) is 0 Å². The Hall–Kier alpha value is -2.37. The van der Waals surface area contributed by atoms with Gasteiger partial charge in [0.2, 0.25) is 11.8 Å². The second-order valence-electron chi connectivity index (χ2n) is 4.46. The van der Waals surface area contributed by atoms with E-state index in [9.17, 15) is 9.90 Å². The van der Waals surface area contributed by atoms with Crippen LogP contribution in [0.4, 0.5) is 0 Å². The molecule has 0 aliphatic carbocycles. The second-order valence-corrected chi connectivity index (χ2v) is 4.46. The fourth-order valence-corrected chi connectivity index (χ4v) is 1.76. The van der Waals surface area contributed by atoms with E-state index in [1.54, 1.807) is 18.2 Å². The molecule has 2 N–H and O–H groups in total. The largest absolute Gasteiger partial charge is 0.508 e. The van der Waals surface area contributed by atoms with Gasteiger partial charge >= 0.3 is 5.97 Å². The number of nitrogens with zero attached hydrogens (tertiary/aromatic N) is 2. The average molecular weight is 262 g/mol. The molecule has 19 heavy (non-hydrogen) atoms. The molecule has 1 atom stereocenters. The first-order valence-corrected chi connectivity index (χ1v) is 5.88. The minimum Gasteiger partial charge on any atom is -0.508 e. The van der Waals surface area contributed by atoms with Crippen LogP contribution in [0.15, 0.2) is 28.7 Å². The van der Waals surface area contributed by atoms with Crippen LogP contribution in [0, 0.1) is 5.92 Å². The van der Waals surface area contributed by atoms with Gasteiger partial charge in [0.25, 0.3) is 0 Å². The van der Waals surface area contributed by atoms with Crippen LogP contribution in [0.5, 0.6) is 5.75 Å². The van der Waals surface area contributed by atoms with Crippen molar-refractivity contribution in [1.82, 2.24) is 10.2 Å². The van der Waals surface area contributed by atoms with E-state index in [-0.39, 0.29) is 18.1 Å². The van der Waals surface area contributed by atoms with E-state index in [2.05, 4.69) is 10.2 Å². The summed E-state index contributed by atoms with van der Waals surface area (Å²) >= 11 is 0. The predicted octanol–water partition coefficient (Wildman–Crippen LogP) is 2.10. The highest BCUT2D eigenvalue weighted by Crippen LogP contribution is 2.22. The summed E-state index contributed by atoms with van der Waals surface area (Å²) in [5, 5.41) is 25.8. The summed E-state index contributed by atoms with van der Waals surface area (Å²) in [6.45, 7) is 1.81. The van der Waals surface area contributed by atoms with Crippen LogP contribution in [-0.4, -0.2) is 26.4 Å². The number of phenols is 1. The number of carboxylic acids is 1. The molecular weight excluding hydrogens is 248 g/mol. The van der Waals surface area contributed by atoms with Crippen LogP contribution in [-0.2, 0) is 11.2 Å². The zero-order valence-electron chi connectivity index (χ0n) is 10.4. The van der Waals surface area contributed by atoms with Crippen LogP contribution in [0.25, 0.3) is 11.5 Å². The summed E-state index contributed by atoms with van der Waals surface area (Å²) < 4.78 is 5.45. The Morgan fingerprint density at radius 1 is 1.42 bits per heavy atom. The number of aromatic nitrogens is 2. The number of aliphatic carboxylic acids is 1. The molecule has 0 saturated carbocycles. The van der Waals surface area contributed by atoms with E-state index in [1.165, 1.54) is 6.07 Å². The summed E-state index contributed by atoms with van der Waals surface area (Å²) in [6.07, 6.45) is 0.474. The Morgan fingerprint density at radius 3 is 2.89 bits per heavy atom. The van der Waals surface area contributed by atoms with Gasteiger partial charge in [-0.3, -0.25) is 4.79 Å². The molecule has 6 nitrogen and oxygen atoms in total. The maximum Gasteiger partial charge on any atom is 0.303 e. The molecule has 100 valence electrons. The van der Waals surface area contributed by atoms with Crippen LogP contribution in [0.2, 0.25) is 0 Å². The highest BCUT2D eigenvalue weighted by Gasteiger charge is 2.14. The highest BCUT2D eigenvalue weighted by atomic mass is 16.4. The molecule has 0 bridgehead atoms. The van der Waals surface area contributed by atoms with E-state index in [0.717, 1.165) is 0 Å². The van der Waals surface area contributed by atoms with Crippen molar-refractivity contribution in [2.75, 3.05) is 0 Å². The van der Waals surface area contributed by atoms with Gasteiger partial charge in [-0.15, -0.1) is 10.2 Å². The Kier molecular flexibility index (Phi) is 3.79. The van der Waals surface area contributed by atoms with Crippen LogP contribution >= 0.6 is 0 Å². The first-order chi connectivity index (χ1) is 9.04. The SMILES string of the molecule is CC(CC(=O)O)Cc1nnc(-c2cccc(O)c2)o1. The molecule has 0 spiro atoms. The lowest BCUT2D eigenvalue weighted by Gasteiger charge is -2.03. The number of benzene rings is 1. The maximum atomic E-state index is 10.6. The van der Waals surface area contributed by atoms with Gasteiger partial charge < -0.3 is 14.6 Å². The van der Waals surface area contributed by atoms with Crippen molar-refractivity contribution in [3.8, 4) is 17.2 Å². The van der Waals surface area contributed by atoms with Crippen molar-refractivity contribution in [3.63, 3.8) is 0 Å². The molecule has 2 rings (SSSR count). The normalized spacial score (nSPS) is 12.3. The van der Waals surface area contributed by atoms with E-state index in [1.807, 2.05) is 6.92 Å². The van der Waals surface area contributed by atoms with Gasteiger partial charge in [-0.1, -0.05) is 13.0 Å². The third-order valence-corrected chi connectivity index (χ3v) is 2.61. The molecule has 0 amide bonds. The minimum absolute atomic E-state index is 0.0594. The number of carboxylic acid groups (broad SMARTS) is 1. The average Bonchev–Trinajstić information content (AvgIpc) is 2.76. The third kappa shape index (κ3) is 3.54. The van der Waals surface area contributed by atoms with Gasteiger partial charge in [-0.2, -0.15) is 0 Å². The van der Waals surface area contributed by atoms with E-state index < -0.39 is 5.97 Å². The molecule has 1 aromatic carbocycles. The van der Waals surface area contributed by atoms with Crippen molar-refractivity contribution in [2.45, 2.75) is 19.8 Å². The second kappa shape index (κ2) is 5.51. The molecule has 0 fully saturated rings. The molecule has 0 saturated heterocycles. The van der Waals surface area contributed by atoms with E-state index in [4.69, 9.17) is 9.52 Å². The third-order valence-electron chi connectivity index (χ3n) is 2.61. The quantitative estimate of drug-likeness (QED) is 0.856. The smallest absolute Gasteiger partial charge is 0.303 e. The van der Waals surface area contributed by atoms with Gasteiger partial charge in [0.05, 0.1) is 0 Å². The summed E-state index contributed by atoms with van der Waals surface area (Å²) in [5.41, 5.74) is 0.629. The zero-order valence-corrected chi connectivity index (χ0v) is 10.4. The fourth-order valence-electron chi connectivity index (χ4n) is 1.76. The zero-order chi connectivity index (χ0) is 13.8. The van der Waals surface area contributed by atoms with Gasteiger partial charge in [-0.25, -0.2) is 0 Å². The molecular formula is C13H14N2O4. The lowest BCUT2D eigenvalue weighted by molar-refractivity contribution is -0.137. The van der Waals surface area contributed by atoms with E-state index in [0.29, 0.717) is 23.8 Å². The van der Waals surface area contributed by atoms with Crippen molar-refractivity contribution in [3.05, 3.63) is 30.2 Å². The number of hydrogen-bond acceptors (Lipinski definition) is 5. The maximum absolute atomic E-state index is 10.6. The molecule has 1 unspecified atom stereocenters. The van der Waals surface area contributed by atoms with Gasteiger partial charge in [0, 0.05) is 18.4 Å².